The molecule has 0 fully saturated rings. The maximum absolute atomic E-state index is 9.75. The fourth-order valence-electron chi connectivity index (χ4n) is 14.6. The number of rotatable bonds is 12. The van der Waals surface area contributed by atoms with Gasteiger partial charge >= 0.3 is 7.12 Å². The van der Waals surface area contributed by atoms with Crippen molar-refractivity contribution in [2.24, 2.45) is 0 Å². The molecule has 20 rings (SSSR count). The predicted molar refractivity (Wildman–Crippen MR) is 469 cm³/mol. The van der Waals surface area contributed by atoms with E-state index in [1.54, 1.807) is 23.7 Å². The second-order valence-electron chi connectivity index (χ2n) is 26.9. The summed E-state index contributed by atoms with van der Waals surface area (Å²) >= 11 is 16.3. The molecule has 522 valence electrons. The van der Waals surface area contributed by atoms with E-state index in [2.05, 4.69) is 325 Å². The monoisotopic (exact) mass is 1500 g/mol. The van der Waals surface area contributed by atoms with Gasteiger partial charge in [0.25, 0.3) is 0 Å². The summed E-state index contributed by atoms with van der Waals surface area (Å²) in [7, 11) is -1.50. The molecule has 12 heteroatoms. The molecule has 0 unspecified atom stereocenters. The van der Waals surface area contributed by atoms with Crippen molar-refractivity contribution in [1.82, 2.24) is 19.9 Å². The Morgan fingerprint density at radius 3 is 0.818 bits per heavy atom. The van der Waals surface area contributed by atoms with Crippen molar-refractivity contribution in [3.63, 3.8) is 0 Å². The summed E-state index contributed by atoms with van der Waals surface area (Å²) in [4.78, 5) is 17.0. The summed E-state index contributed by atoms with van der Waals surface area (Å²) in [6.45, 7) is 0. The molecule has 0 aliphatic rings. The van der Waals surface area contributed by atoms with E-state index in [-0.39, 0.29) is 0 Å². The van der Waals surface area contributed by atoms with Crippen molar-refractivity contribution in [3.05, 3.63) is 381 Å². The Hall–Kier alpha value is -12.3. The highest BCUT2D eigenvalue weighted by molar-refractivity contribution is 7.27. The van der Waals surface area contributed by atoms with E-state index in [4.69, 9.17) is 33.2 Å². The second kappa shape index (κ2) is 30.7. The molecule has 0 amide bonds. The Balaban J connectivity index is 0.000000167. The molecule has 0 aliphatic heterocycles. The molecule has 15 aromatic carbocycles. The van der Waals surface area contributed by atoms with E-state index in [0.29, 0.717) is 15.8 Å². The Labute approximate surface area is 658 Å². The number of fused-ring (bicyclic) bond motifs is 9. The van der Waals surface area contributed by atoms with Gasteiger partial charge in [-0.1, -0.05) is 284 Å². The normalized spacial score (nSPS) is 11.3. The Morgan fingerprint density at radius 1 is 0.218 bits per heavy atom. The highest BCUT2D eigenvalue weighted by Gasteiger charge is 2.21. The van der Waals surface area contributed by atoms with Crippen LogP contribution in [0.15, 0.2) is 371 Å². The van der Waals surface area contributed by atoms with Crippen molar-refractivity contribution in [2.75, 3.05) is 0 Å². The lowest BCUT2D eigenvalue weighted by Crippen LogP contribution is -2.29. The smallest absolute Gasteiger partial charge is 0.423 e. The van der Waals surface area contributed by atoms with E-state index in [9.17, 15) is 10.0 Å². The molecule has 0 radical (unpaired) electrons. The third-order valence-corrected chi connectivity index (χ3v) is 24.1. The van der Waals surface area contributed by atoms with Crippen molar-refractivity contribution in [2.45, 2.75) is 0 Å². The number of halogens is 2. The van der Waals surface area contributed by atoms with Crippen molar-refractivity contribution in [3.8, 4) is 123 Å². The number of hydrogen-bond donors (Lipinski definition) is 2. The van der Waals surface area contributed by atoms with Crippen LogP contribution in [0.25, 0.3) is 183 Å². The van der Waals surface area contributed by atoms with Crippen LogP contribution >= 0.6 is 57.2 Å². The molecule has 110 heavy (non-hydrogen) atoms. The molecule has 0 spiro atoms. The zero-order valence-electron chi connectivity index (χ0n) is 59.0. The maximum Gasteiger partial charge on any atom is 0.488 e. The van der Waals surface area contributed by atoms with Crippen molar-refractivity contribution in [1.29, 1.82) is 0 Å². The average molecular weight is 1510 g/mol. The van der Waals surface area contributed by atoms with E-state index in [0.717, 1.165) is 55.9 Å². The van der Waals surface area contributed by atoms with Gasteiger partial charge in [-0.25, -0.2) is 19.9 Å². The largest absolute Gasteiger partial charge is 0.488 e. The first-order valence-electron chi connectivity index (χ1n) is 36.1. The van der Waals surface area contributed by atoms with Gasteiger partial charge in [0.2, 0.25) is 0 Å². The van der Waals surface area contributed by atoms with Crippen LogP contribution in [0.3, 0.4) is 0 Å². The molecule has 0 saturated carbocycles. The topological polar surface area (TPSA) is 92.0 Å². The molecule has 20 aromatic rings. The third kappa shape index (κ3) is 14.3. The highest BCUT2D eigenvalue weighted by Crippen LogP contribution is 2.49. The quantitative estimate of drug-likeness (QED) is 0.0935. The van der Waals surface area contributed by atoms with Gasteiger partial charge in [0.05, 0.1) is 11.4 Å². The first-order chi connectivity index (χ1) is 54.1. The number of hydrogen-bond acceptors (Lipinski definition) is 9. The third-order valence-electron chi connectivity index (χ3n) is 20.1. The van der Waals surface area contributed by atoms with Gasteiger partial charge in [-0.05, 0) is 180 Å². The summed E-state index contributed by atoms with van der Waals surface area (Å²) in [5.41, 5.74) is 25.6. The molecule has 0 saturated heterocycles. The van der Waals surface area contributed by atoms with Crippen LogP contribution in [0.5, 0.6) is 0 Å². The van der Waals surface area contributed by atoms with Crippen molar-refractivity contribution >= 4 is 130 Å². The predicted octanol–water partition coefficient (Wildman–Crippen LogP) is 27.1. The lowest BCUT2D eigenvalue weighted by atomic mass is 9.79. The SMILES string of the molecule is Clc1cc(Cl)ncn1.OB(O)c1cccc(-c2cc(-c3ccccc3)cc3c2sc2ccc(-c4ccccc4)cc23)c1.c1ccc(-c2ccc3sc4c(-c5cccc(-c6cc(-c7cccc(-c8cc(-c9ccccc9)cc9c8sc8ccc(-c%10ccccc%10)cc89)c7)ncn6)c5)cc(-c5ccccc5)cc4c3c2)cc1. The first-order valence-corrected chi connectivity index (χ1v) is 39.3. The van der Waals surface area contributed by atoms with Gasteiger partial charge in [0, 0.05) is 94.4 Å². The van der Waals surface area contributed by atoms with Crippen LogP contribution in [0, 0.1) is 0 Å². The summed E-state index contributed by atoms with van der Waals surface area (Å²) in [6.07, 6.45) is 3.02. The average Bonchev–Trinajstić information content (AvgIpc) is 1.60. The summed E-state index contributed by atoms with van der Waals surface area (Å²) in [6, 6.07) is 127. The minimum absolute atomic E-state index is 0.366. The van der Waals surface area contributed by atoms with E-state index in [1.807, 2.05) is 53.0 Å². The lowest BCUT2D eigenvalue weighted by Gasteiger charge is -2.12. The maximum atomic E-state index is 9.75. The second-order valence-corrected chi connectivity index (χ2v) is 30.9. The molecule has 0 atom stereocenters. The van der Waals surface area contributed by atoms with Crippen LogP contribution in [-0.4, -0.2) is 37.1 Å². The van der Waals surface area contributed by atoms with Gasteiger partial charge in [-0.15, -0.1) is 34.0 Å². The number of nitrogens with zero attached hydrogens (tertiary/aromatic N) is 4. The van der Waals surface area contributed by atoms with Gasteiger partial charge in [-0.3, -0.25) is 0 Å². The molecule has 2 N–H and O–H groups in total. The minimum atomic E-state index is -1.50. The van der Waals surface area contributed by atoms with Crippen LogP contribution in [0.1, 0.15) is 0 Å². The fourth-order valence-corrected chi connectivity index (χ4v) is 18.6. The molecule has 0 bridgehead atoms. The van der Waals surface area contributed by atoms with Gasteiger partial charge < -0.3 is 10.0 Å². The Kier molecular flexibility index (Phi) is 19.4. The molecule has 6 nitrogen and oxygen atoms in total. The molecule has 0 aliphatic carbocycles. The van der Waals surface area contributed by atoms with Crippen LogP contribution in [0.2, 0.25) is 10.3 Å². The lowest BCUT2D eigenvalue weighted by molar-refractivity contribution is 0.426. The molecule has 5 heterocycles. The van der Waals surface area contributed by atoms with Crippen molar-refractivity contribution < 1.29 is 10.0 Å². The van der Waals surface area contributed by atoms with Crippen LogP contribution in [0.4, 0.5) is 0 Å². The van der Waals surface area contributed by atoms with Gasteiger partial charge in [-0.2, -0.15) is 0 Å². The van der Waals surface area contributed by atoms with E-state index >= 15 is 0 Å². The zero-order valence-corrected chi connectivity index (χ0v) is 62.9. The number of thiophene rings is 3. The highest BCUT2D eigenvalue weighted by atomic mass is 35.5. The molecular weight excluding hydrogens is 1440 g/mol. The zero-order chi connectivity index (χ0) is 74.0. The van der Waals surface area contributed by atoms with Crippen LogP contribution < -0.4 is 5.46 Å². The number of aromatic nitrogens is 4. The van der Waals surface area contributed by atoms with E-state index in [1.165, 1.54) is 140 Å². The standard InChI is InChI=1S/C64H40N2S2.C30H21BO2S.C4H2Cl2N2/c1-5-15-41(16-6-1)45-27-29-61-55(33-45)57-37-51(43-19-9-3-10-20-43)35-53(63(57)67-61)47-23-13-25-49(31-47)59-39-60(66-40-65-59)50-26-14-24-48(32-50)54-36-52(44-21-11-4-12-22-44)38-58-56-34-46(42-17-7-2-8-18-42)28-30-62(56)68-64(54)58;32-31(33)25-13-7-12-23(16-25)26-18-24(21-10-5-2-6-11-21)19-28-27-17-22(20-8-3-1-4-9-20)14-15-29(27)34-30(26)28;5-3-1-4(6)8-2-7-3/h1-40H;1-19,32-33H;1-2H. The Morgan fingerprint density at radius 2 is 0.500 bits per heavy atom. The summed E-state index contributed by atoms with van der Waals surface area (Å²) in [5.74, 6) is 0. The van der Waals surface area contributed by atoms with E-state index < -0.39 is 7.12 Å². The minimum Gasteiger partial charge on any atom is -0.423 e. The summed E-state index contributed by atoms with van der Waals surface area (Å²) < 4.78 is 7.55. The summed E-state index contributed by atoms with van der Waals surface area (Å²) in [5, 5.41) is 27.8. The van der Waals surface area contributed by atoms with Gasteiger partial charge in [0.1, 0.15) is 23.0 Å². The Bertz CT molecular complexity index is 6510. The molecule has 5 aromatic heterocycles. The fraction of sp³-hybridized carbons (Fsp3) is 0. The molecular formula is C98H63BCl2N4O2S3. The first kappa shape index (κ1) is 69.4. The van der Waals surface area contributed by atoms with Gasteiger partial charge in [0.15, 0.2) is 0 Å². The number of benzene rings is 15. The van der Waals surface area contributed by atoms with Crippen LogP contribution in [-0.2, 0) is 0 Å².